The van der Waals surface area contributed by atoms with Gasteiger partial charge >= 0.3 is 0 Å². The molecule has 44 heavy (non-hydrogen) atoms. The van der Waals surface area contributed by atoms with Gasteiger partial charge in [-0.2, -0.15) is 0 Å². The van der Waals surface area contributed by atoms with Crippen LogP contribution in [0.5, 0.6) is 0 Å². The Labute approximate surface area is 277 Å². The molecule has 0 bridgehead atoms. The summed E-state index contributed by atoms with van der Waals surface area (Å²) in [5.41, 5.74) is 4.50. The maximum atomic E-state index is 13.4. The van der Waals surface area contributed by atoms with Gasteiger partial charge in [0.15, 0.2) is 17.4 Å². The standard InChI is InChI=1S/C37H56N2O4.Cu/c1-33(2,3)25-15-23(31(40)27(17-25)35(7,8)9)19-38-21-29-30(43-37(13,14)42-29)22-39-20-24-16-26(34(4,5)6)18-28(32(24)41)36(10,11)12;/h15-20,29-30,38-39H,21-22H2,1-14H3;/b23-19-,24-20+;/t29-,30-;/m1./s1. The Bertz CT molecular complexity index is 1210. The molecule has 0 saturated carbocycles. The van der Waals surface area contributed by atoms with Gasteiger partial charge in [-0.05, 0) is 58.8 Å². The second-order valence-corrected chi connectivity index (χ2v) is 16.7. The van der Waals surface area contributed by atoms with Gasteiger partial charge in [0.05, 0.1) is 0 Å². The van der Waals surface area contributed by atoms with Gasteiger partial charge < -0.3 is 20.1 Å². The second-order valence-electron chi connectivity index (χ2n) is 16.7. The summed E-state index contributed by atoms with van der Waals surface area (Å²) in [5, 5.41) is 6.71. The summed E-state index contributed by atoms with van der Waals surface area (Å²) < 4.78 is 12.5. The molecule has 6 nitrogen and oxygen atoms in total. The molecule has 0 aromatic rings. The van der Waals surface area contributed by atoms with Crippen LogP contribution < -0.4 is 10.6 Å². The molecule has 1 radical (unpaired) electrons. The molecule has 2 aliphatic carbocycles. The smallest absolute Gasteiger partial charge is 0.191 e. The molecule has 0 spiro atoms. The first-order valence-electron chi connectivity index (χ1n) is 15.6. The van der Waals surface area contributed by atoms with E-state index in [4.69, 9.17) is 9.47 Å². The van der Waals surface area contributed by atoms with E-state index in [1.807, 2.05) is 38.4 Å². The second kappa shape index (κ2) is 13.3. The van der Waals surface area contributed by atoms with Crippen molar-refractivity contribution in [3.8, 4) is 0 Å². The fraction of sp³-hybridized carbons (Fsp3) is 0.622. The van der Waals surface area contributed by atoms with Crippen molar-refractivity contribution >= 4 is 11.6 Å². The molecule has 0 amide bonds. The predicted molar refractivity (Wildman–Crippen MR) is 176 cm³/mol. The summed E-state index contributed by atoms with van der Waals surface area (Å²) in [6.07, 6.45) is 11.2. The summed E-state index contributed by atoms with van der Waals surface area (Å²) >= 11 is 0. The third kappa shape index (κ3) is 9.42. The zero-order valence-corrected chi connectivity index (χ0v) is 30.4. The van der Waals surface area contributed by atoms with E-state index in [-0.39, 0.29) is 62.5 Å². The van der Waals surface area contributed by atoms with E-state index in [1.54, 1.807) is 0 Å². The van der Waals surface area contributed by atoms with Crippen LogP contribution in [-0.4, -0.2) is 42.7 Å². The van der Waals surface area contributed by atoms with E-state index in [2.05, 4.69) is 106 Å². The van der Waals surface area contributed by atoms with Gasteiger partial charge in [0.25, 0.3) is 0 Å². The van der Waals surface area contributed by atoms with Crippen LogP contribution in [0.4, 0.5) is 0 Å². The number of carbonyl (C=O) groups is 2. The number of Topliss-reactive ketones (excluding diaryl/α,β-unsaturated/α-hetero) is 2. The molecular formula is C37H56CuN2O4. The van der Waals surface area contributed by atoms with Crippen LogP contribution >= 0.6 is 0 Å². The number of hydrogen-bond donors (Lipinski definition) is 2. The van der Waals surface area contributed by atoms with Crippen molar-refractivity contribution in [1.29, 1.82) is 0 Å². The molecule has 1 heterocycles. The van der Waals surface area contributed by atoms with Gasteiger partial charge in [-0.25, -0.2) is 0 Å². The largest absolute Gasteiger partial charge is 0.388 e. The predicted octanol–water partition coefficient (Wildman–Crippen LogP) is 7.51. The van der Waals surface area contributed by atoms with Crippen molar-refractivity contribution in [2.75, 3.05) is 13.1 Å². The topological polar surface area (TPSA) is 76.7 Å². The van der Waals surface area contributed by atoms with Crippen LogP contribution in [-0.2, 0) is 36.1 Å². The van der Waals surface area contributed by atoms with Crippen molar-refractivity contribution in [2.45, 2.75) is 115 Å². The van der Waals surface area contributed by atoms with Crippen LogP contribution in [0.3, 0.4) is 0 Å². The van der Waals surface area contributed by atoms with E-state index < -0.39 is 5.79 Å². The van der Waals surface area contributed by atoms with Crippen molar-refractivity contribution in [3.05, 3.63) is 70.1 Å². The molecule has 1 aliphatic heterocycles. The third-order valence-electron chi connectivity index (χ3n) is 8.02. The van der Waals surface area contributed by atoms with Gasteiger partial charge in [0.1, 0.15) is 12.2 Å². The zero-order chi connectivity index (χ0) is 32.8. The van der Waals surface area contributed by atoms with Crippen LogP contribution in [0.15, 0.2) is 70.1 Å². The van der Waals surface area contributed by atoms with Crippen molar-refractivity contribution in [1.82, 2.24) is 10.6 Å². The van der Waals surface area contributed by atoms with Crippen LogP contribution in [0, 0.1) is 21.7 Å². The first-order valence-corrected chi connectivity index (χ1v) is 15.6. The molecule has 0 unspecified atom stereocenters. The minimum absolute atomic E-state index is 0. The number of hydrogen-bond acceptors (Lipinski definition) is 6. The minimum Gasteiger partial charge on any atom is -0.388 e. The van der Waals surface area contributed by atoms with Gasteiger partial charge in [-0.1, -0.05) is 95.2 Å². The molecule has 1 saturated heterocycles. The van der Waals surface area contributed by atoms with Crippen molar-refractivity contribution in [2.24, 2.45) is 21.7 Å². The number of rotatable bonds is 6. The van der Waals surface area contributed by atoms with Gasteiger partial charge in [-0.15, -0.1) is 0 Å². The maximum absolute atomic E-state index is 13.4. The summed E-state index contributed by atoms with van der Waals surface area (Å²) in [6.45, 7) is 30.2. The number of allylic oxidation sites excluding steroid dienone is 10. The average Bonchev–Trinajstić information content (AvgIpc) is 3.11. The molecule has 2 N–H and O–H groups in total. The molecule has 3 rings (SSSR count). The monoisotopic (exact) mass is 655 g/mol. The third-order valence-corrected chi connectivity index (χ3v) is 8.02. The van der Waals surface area contributed by atoms with Gasteiger partial charge in [0.2, 0.25) is 0 Å². The van der Waals surface area contributed by atoms with Crippen LogP contribution in [0.2, 0.25) is 0 Å². The molecule has 1 fully saturated rings. The van der Waals surface area contributed by atoms with Crippen molar-refractivity contribution in [3.63, 3.8) is 0 Å². The van der Waals surface area contributed by atoms with E-state index in [1.165, 1.54) is 0 Å². The van der Waals surface area contributed by atoms with E-state index >= 15 is 0 Å². The number of nitrogens with one attached hydrogen (secondary N) is 2. The number of ether oxygens (including phenoxy) is 2. The number of carbonyl (C=O) groups excluding carboxylic acids is 2. The Kier molecular flexibility index (Phi) is 11.5. The van der Waals surface area contributed by atoms with E-state index in [0.29, 0.717) is 24.2 Å². The summed E-state index contributed by atoms with van der Waals surface area (Å²) in [5.74, 6) is -0.654. The van der Waals surface area contributed by atoms with Crippen LogP contribution in [0.25, 0.3) is 0 Å². The summed E-state index contributed by atoms with van der Waals surface area (Å²) in [7, 11) is 0. The normalized spacial score (nSPS) is 24.9. The van der Waals surface area contributed by atoms with E-state index in [9.17, 15) is 9.59 Å². The summed E-state index contributed by atoms with van der Waals surface area (Å²) in [6, 6.07) is 0. The Morgan fingerprint density at radius 3 is 1.20 bits per heavy atom. The molecule has 249 valence electrons. The molecule has 2 atom stereocenters. The Morgan fingerprint density at radius 1 is 0.614 bits per heavy atom. The molecule has 0 aromatic carbocycles. The minimum atomic E-state index is -0.747. The van der Waals surface area contributed by atoms with Gasteiger partial charge in [0, 0.05) is 64.9 Å². The fourth-order valence-corrected chi connectivity index (χ4v) is 5.32. The SMILES string of the molecule is CC1(C)O[C@H](CN/C=C2/C=C(C(C)(C)C)C=C(C(C)(C)C)C2=O)[C@@H](CN/C=C2\C=C(C(C)(C)C)C=C(C(C)(C)C)C2=O)O1.[Cu]. The Hall–Kier alpha value is -2.18. The van der Waals surface area contributed by atoms with E-state index in [0.717, 1.165) is 22.3 Å². The molecule has 0 aromatic heterocycles. The first kappa shape index (κ1) is 38.0. The number of ketones is 2. The summed E-state index contributed by atoms with van der Waals surface area (Å²) in [4.78, 5) is 26.8. The Morgan fingerprint density at radius 2 is 0.932 bits per heavy atom. The first-order chi connectivity index (χ1) is 19.4. The quantitative estimate of drug-likeness (QED) is 0.228. The van der Waals surface area contributed by atoms with Crippen molar-refractivity contribution < 1.29 is 36.1 Å². The maximum Gasteiger partial charge on any atom is 0.191 e. The van der Waals surface area contributed by atoms with Gasteiger partial charge in [-0.3, -0.25) is 9.59 Å². The molecule has 7 heteroatoms. The zero-order valence-electron chi connectivity index (χ0n) is 29.5. The average molecular weight is 656 g/mol. The molecular weight excluding hydrogens is 600 g/mol. The fourth-order valence-electron chi connectivity index (χ4n) is 5.32. The molecule has 3 aliphatic rings. The van der Waals surface area contributed by atoms with Crippen LogP contribution in [0.1, 0.15) is 96.9 Å². The Balaban J connectivity index is 0.00000675.